The Morgan fingerprint density at radius 1 is 1.05 bits per heavy atom. The number of carbonyl (C=O) groups excluding carboxylic acids is 1. The van der Waals surface area contributed by atoms with E-state index >= 15 is 0 Å². The van der Waals surface area contributed by atoms with Crippen molar-refractivity contribution < 1.29 is 26.7 Å². The Kier molecular flexibility index (Phi) is 8.29. The highest BCUT2D eigenvalue weighted by molar-refractivity contribution is 7.91. The van der Waals surface area contributed by atoms with E-state index in [2.05, 4.69) is 4.90 Å². The van der Waals surface area contributed by atoms with Gasteiger partial charge in [-0.05, 0) is 30.2 Å². The van der Waals surface area contributed by atoms with Crippen LogP contribution in [-0.2, 0) is 38.6 Å². The molecule has 2 aliphatic rings. The standard InChI is InChI=1S/C27H32N4O6S2/c1-2-22-25(27(32)30-10-14-37-15-11-30)28-31(26(22)23-8-3-4-9-24(23)38(33)34)21-7-5-6-20(18-21)19-29-12-16-39(35,36)17-13-29/h3-9,18H,2,10-17,19H2,1H3,(H,33,34). The van der Waals surface area contributed by atoms with Crippen molar-refractivity contribution in [2.24, 2.45) is 0 Å². The Balaban J connectivity index is 1.60. The zero-order chi connectivity index (χ0) is 27.6. The molecule has 3 heterocycles. The summed E-state index contributed by atoms with van der Waals surface area (Å²) < 4.78 is 53.2. The molecule has 0 spiro atoms. The second kappa shape index (κ2) is 11.7. The molecule has 1 amide bonds. The first kappa shape index (κ1) is 27.7. The second-order valence-electron chi connectivity index (χ2n) is 9.69. The fourth-order valence-electron chi connectivity index (χ4n) is 5.10. The summed E-state index contributed by atoms with van der Waals surface area (Å²) in [5.74, 6) is 0.110. The van der Waals surface area contributed by atoms with Crippen LogP contribution in [0.3, 0.4) is 0 Å². The summed E-state index contributed by atoms with van der Waals surface area (Å²) in [7, 11) is -2.97. The lowest BCUT2D eigenvalue weighted by molar-refractivity contribution is 0.0298. The van der Waals surface area contributed by atoms with Crippen molar-refractivity contribution in [1.29, 1.82) is 0 Å². The number of ether oxygens (including phenoxy) is 1. The number of nitrogens with zero attached hydrogens (tertiary/aromatic N) is 4. The van der Waals surface area contributed by atoms with E-state index in [-0.39, 0.29) is 22.3 Å². The minimum atomic E-state index is -2.97. The van der Waals surface area contributed by atoms with Crippen LogP contribution in [0.2, 0.25) is 0 Å². The summed E-state index contributed by atoms with van der Waals surface area (Å²) in [6.07, 6.45) is 0.495. The summed E-state index contributed by atoms with van der Waals surface area (Å²) in [4.78, 5) is 17.7. The molecule has 1 N–H and O–H groups in total. The largest absolute Gasteiger partial charge is 0.378 e. The first-order chi connectivity index (χ1) is 18.8. The predicted octanol–water partition coefficient (Wildman–Crippen LogP) is 2.39. The summed E-state index contributed by atoms with van der Waals surface area (Å²) in [6, 6.07) is 14.6. The van der Waals surface area contributed by atoms with Gasteiger partial charge < -0.3 is 14.2 Å². The van der Waals surface area contributed by atoms with Gasteiger partial charge in [-0.3, -0.25) is 9.69 Å². The SMILES string of the molecule is CCc1c(C(=O)N2CCOCC2)nn(-c2cccc(CN3CCS(=O)(=O)CC3)c2)c1-c1ccccc1S(=O)O. The number of benzene rings is 2. The number of rotatable bonds is 7. The van der Waals surface area contributed by atoms with E-state index in [1.165, 1.54) is 0 Å². The van der Waals surface area contributed by atoms with Crippen molar-refractivity contribution in [3.63, 3.8) is 0 Å². The zero-order valence-electron chi connectivity index (χ0n) is 21.8. The van der Waals surface area contributed by atoms with E-state index in [0.29, 0.717) is 80.6 Å². The third kappa shape index (κ3) is 5.99. The van der Waals surface area contributed by atoms with Gasteiger partial charge in [0.05, 0.1) is 41.0 Å². The van der Waals surface area contributed by atoms with Crippen LogP contribution in [0.4, 0.5) is 0 Å². The average molecular weight is 573 g/mol. The number of morpholine rings is 1. The molecule has 208 valence electrons. The van der Waals surface area contributed by atoms with E-state index in [1.807, 2.05) is 31.2 Å². The van der Waals surface area contributed by atoms with Gasteiger partial charge in [-0.2, -0.15) is 5.10 Å². The highest BCUT2D eigenvalue weighted by Gasteiger charge is 2.29. The van der Waals surface area contributed by atoms with Gasteiger partial charge in [0.1, 0.15) is 0 Å². The molecule has 2 aromatic carbocycles. The van der Waals surface area contributed by atoms with Crippen LogP contribution >= 0.6 is 0 Å². The smallest absolute Gasteiger partial charge is 0.274 e. The molecule has 1 aromatic heterocycles. The van der Waals surface area contributed by atoms with Crippen molar-refractivity contribution in [3.05, 3.63) is 65.4 Å². The fraction of sp³-hybridized carbons (Fsp3) is 0.407. The lowest BCUT2D eigenvalue weighted by Crippen LogP contribution is -2.41. The lowest BCUT2D eigenvalue weighted by atomic mass is 10.0. The van der Waals surface area contributed by atoms with Crippen molar-refractivity contribution in [2.75, 3.05) is 50.9 Å². The Morgan fingerprint density at radius 3 is 2.46 bits per heavy atom. The summed E-state index contributed by atoms with van der Waals surface area (Å²) in [5.41, 5.74) is 3.85. The summed E-state index contributed by atoms with van der Waals surface area (Å²) >= 11 is -2.25. The first-order valence-corrected chi connectivity index (χ1v) is 15.9. The molecule has 1 unspecified atom stereocenters. The van der Waals surface area contributed by atoms with Gasteiger partial charge in [0.2, 0.25) is 0 Å². The van der Waals surface area contributed by atoms with Crippen molar-refractivity contribution in [1.82, 2.24) is 19.6 Å². The molecule has 10 nitrogen and oxygen atoms in total. The molecule has 5 rings (SSSR count). The Labute approximate surface area is 230 Å². The van der Waals surface area contributed by atoms with Crippen LogP contribution in [-0.4, -0.2) is 93.6 Å². The molecule has 0 saturated carbocycles. The molecule has 2 saturated heterocycles. The topological polar surface area (TPSA) is 122 Å². The Morgan fingerprint density at radius 2 is 1.77 bits per heavy atom. The molecule has 3 aromatic rings. The van der Waals surface area contributed by atoms with Gasteiger partial charge >= 0.3 is 0 Å². The van der Waals surface area contributed by atoms with Gasteiger partial charge in [-0.25, -0.2) is 17.3 Å². The van der Waals surface area contributed by atoms with Crippen LogP contribution in [0.25, 0.3) is 16.9 Å². The Hall–Kier alpha value is -2.90. The Bertz CT molecular complexity index is 1480. The average Bonchev–Trinajstić information content (AvgIpc) is 3.34. The highest BCUT2D eigenvalue weighted by Crippen LogP contribution is 2.34. The number of carbonyl (C=O) groups is 1. The van der Waals surface area contributed by atoms with Gasteiger partial charge in [0, 0.05) is 43.9 Å². The highest BCUT2D eigenvalue weighted by atomic mass is 32.2. The molecule has 2 fully saturated rings. The van der Waals surface area contributed by atoms with E-state index in [4.69, 9.17) is 9.84 Å². The fourth-order valence-corrected chi connectivity index (χ4v) is 6.93. The van der Waals surface area contributed by atoms with Gasteiger partial charge in [-0.1, -0.05) is 37.3 Å². The molecule has 12 heteroatoms. The molecule has 0 bridgehead atoms. The number of hydrogen-bond acceptors (Lipinski definition) is 7. The van der Waals surface area contributed by atoms with Gasteiger partial charge in [0.15, 0.2) is 26.6 Å². The van der Waals surface area contributed by atoms with E-state index in [1.54, 1.807) is 33.8 Å². The van der Waals surface area contributed by atoms with E-state index < -0.39 is 20.9 Å². The van der Waals surface area contributed by atoms with Gasteiger partial charge in [-0.15, -0.1) is 0 Å². The quantitative estimate of drug-likeness (QED) is 0.429. The minimum Gasteiger partial charge on any atom is -0.378 e. The van der Waals surface area contributed by atoms with Crippen LogP contribution in [0.1, 0.15) is 28.5 Å². The zero-order valence-corrected chi connectivity index (χ0v) is 23.4. The minimum absolute atomic E-state index is 0.151. The third-order valence-corrected chi connectivity index (χ3v) is 9.51. The summed E-state index contributed by atoms with van der Waals surface area (Å²) in [5, 5.41) is 4.82. The molecule has 2 aliphatic heterocycles. The molecular formula is C27H32N4O6S2. The van der Waals surface area contributed by atoms with Crippen LogP contribution < -0.4 is 0 Å². The first-order valence-electron chi connectivity index (χ1n) is 13.0. The maximum Gasteiger partial charge on any atom is 0.274 e. The number of aromatic nitrogens is 2. The van der Waals surface area contributed by atoms with E-state index in [0.717, 1.165) is 5.56 Å². The van der Waals surface area contributed by atoms with Crippen LogP contribution in [0.15, 0.2) is 53.4 Å². The molecule has 1 atom stereocenters. The van der Waals surface area contributed by atoms with Crippen molar-refractivity contribution >= 4 is 26.8 Å². The monoisotopic (exact) mass is 572 g/mol. The number of hydrogen-bond donors (Lipinski definition) is 1. The number of sulfone groups is 1. The second-order valence-corrected chi connectivity index (χ2v) is 12.9. The van der Waals surface area contributed by atoms with Crippen molar-refractivity contribution in [3.8, 4) is 16.9 Å². The normalized spacial score (nSPS) is 18.7. The van der Waals surface area contributed by atoms with Crippen LogP contribution in [0.5, 0.6) is 0 Å². The molecule has 0 radical (unpaired) electrons. The summed E-state index contributed by atoms with van der Waals surface area (Å²) in [6.45, 7) is 5.36. The van der Waals surface area contributed by atoms with Crippen LogP contribution in [0, 0.1) is 0 Å². The van der Waals surface area contributed by atoms with Crippen molar-refractivity contribution in [2.45, 2.75) is 24.8 Å². The predicted molar refractivity (Wildman–Crippen MR) is 148 cm³/mol. The third-order valence-electron chi connectivity index (χ3n) is 7.17. The maximum atomic E-state index is 13.6. The number of amides is 1. The molecule has 0 aliphatic carbocycles. The lowest BCUT2D eigenvalue weighted by Gasteiger charge is -2.26. The maximum absolute atomic E-state index is 13.6. The van der Waals surface area contributed by atoms with E-state index in [9.17, 15) is 22.0 Å². The molecule has 39 heavy (non-hydrogen) atoms. The molecular weight excluding hydrogens is 540 g/mol. The van der Waals surface area contributed by atoms with Gasteiger partial charge in [0.25, 0.3) is 5.91 Å².